The summed E-state index contributed by atoms with van der Waals surface area (Å²) in [6, 6.07) is 6.27. The van der Waals surface area contributed by atoms with Crippen LogP contribution in [0.15, 0.2) is 18.2 Å². The highest BCUT2D eigenvalue weighted by atomic mass is 16.5. The van der Waals surface area contributed by atoms with Gasteiger partial charge in [-0.25, -0.2) is 4.98 Å². The molecule has 0 bridgehead atoms. The third-order valence-corrected chi connectivity index (χ3v) is 4.02. The molecule has 0 amide bonds. The van der Waals surface area contributed by atoms with Crippen molar-refractivity contribution in [2.75, 3.05) is 7.11 Å². The zero-order valence-electron chi connectivity index (χ0n) is 10.9. The SMILES string of the molecule is COc1ccc2c(c1)nc(C1CCCC1N)n2C. The Morgan fingerprint density at radius 3 is 2.89 bits per heavy atom. The third kappa shape index (κ3) is 1.68. The van der Waals surface area contributed by atoms with Gasteiger partial charge in [-0.2, -0.15) is 0 Å². The van der Waals surface area contributed by atoms with Crippen LogP contribution in [0.2, 0.25) is 0 Å². The van der Waals surface area contributed by atoms with Crippen LogP contribution in [-0.4, -0.2) is 22.7 Å². The number of methoxy groups -OCH3 is 1. The van der Waals surface area contributed by atoms with E-state index in [1.807, 2.05) is 12.1 Å². The van der Waals surface area contributed by atoms with Crippen molar-refractivity contribution in [3.8, 4) is 5.75 Å². The number of ether oxygens (including phenoxy) is 1. The molecule has 18 heavy (non-hydrogen) atoms. The number of aromatic nitrogens is 2. The first-order chi connectivity index (χ1) is 8.70. The van der Waals surface area contributed by atoms with Gasteiger partial charge in [-0.05, 0) is 25.0 Å². The molecule has 0 aliphatic heterocycles. The molecule has 0 spiro atoms. The minimum atomic E-state index is 0.252. The lowest BCUT2D eigenvalue weighted by Crippen LogP contribution is -2.24. The molecule has 3 rings (SSSR count). The molecule has 0 saturated heterocycles. The zero-order valence-corrected chi connectivity index (χ0v) is 10.9. The predicted molar refractivity (Wildman–Crippen MR) is 71.8 cm³/mol. The molecule has 2 atom stereocenters. The summed E-state index contributed by atoms with van der Waals surface area (Å²) in [5.41, 5.74) is 8.31. The Bertz CT molecular complexity index is 576. The summed E-state index contributed by atoms with van der Waals surface area (Å²) in [7, 11) is 3.75. The minimum Gasteiger partial charge on any atom is -0.497 e. The fourth-order valence-corrected chi connectivity index (χ4v) is 2.97. The van der Waals surface area contributed by atoms with Crippen molar-refractivity contribution in [3.63, 3.8) is 0 Å². The number of rotatable bonds is 2. The van der Waals surface area contributed by atoms with Crippen molar-refractivity contribution in [1.82, 2.24) is 9.55 Å². The van der Waals surface area contributed by atoms with E-state index in [2.05, 4.69) is 17.7 Å². The Balaban J connectivity index is 2.10. The van der Waals surface area contributed by atoms with Crippen molar-refractivity contribution in [2.45, 2.75) is 31.2 Å². The van der Waals surface area contributed by atoms with E-state index in [-0.39, 0.29) is 6.04 Å². The van der Waals surface area contributed by atoms with E-state index < -0.39 is 0 Å². The summed E-state index contributed by atoms with van der Waals surface area (Å²) in [6.07, 6.45) is 3.46. The number of hydrogen-bond donors (Lipinski definition) is 1. The number of imidazole rings is 1. The molecule has 0 radical (unpaired) electrons. The summed E-state index contributed by atoms with van der Waals surface area (Å²) in [5.74, 6) is 2.36. The fraction of sp³-hybridized carbons (Fsp3) is 0.500. The molecule has 1 aromatic carbocycles. The van der Waals surface area contributed by atoms with Crippen LogP contribution in [-0.2, 0) is 7.05 Å². The molecule has 2 N–H and O–H groups in total. The van der Waals surface area contributed by atoms with Gasteiger partial charge in [0.05, 0.1) is 18.1 Å². The van der Waals surface area contributed by atoms with E-state index in [0.29, 0.717) is 5.92 Å². The Morgan fingerprint density at radius 1 is 1.39 bits per heavy atom. The van der Waals surface area contributed by atoms with Crippen molar-refractivity contribution >= 4 is 11.0 Å². The van der Waals surface area contributed by atoms with Gasteiger partial charge in [0.25, 0.3) is 0 Å². The quantitative estimate of drug-likeness (QED) is 0.882. The predicted octanol–water partition coefficient (Wildman–Crippen LogP) is 2.18. The standard InChI is InChI=1S/C14H19N3O/c1-17-13-7-6-9(18-2)8-12(13)16-14(17)10-4-3-5-11(10)15/h6-8,10-11H,3-5,15H2,1-2H3. The van der Waals surface area contributed by atoms with Gasteiger partial charge in [0.1, 0.15) is 11.6 Å². The maximum absolute atomic E-state index is 6.18. The summed E-state index contributed by atoms with van der Waals surface area (Å²) in [4.78, 5) is 4.76. The maximum atomic E-state index is 6.18. The van der Waals surface area contributed by atoms with Gasteiger partial charge in [0.15, 0.2) is 0 Å². The normalized spacial score (nSPS) is 23.7. The van der Waals surface area contributed by atoms with Crippen LogP contribution >= 0.6 is 0 Å². The summed E-state index contributed by atoms with van der Waals surface area (Å²) in [5, 5.41) is 0. The summed E-state index contributed by atoms with van der Waals surface area (Å²) < 4.78 is 7.42. The Kier molecular flexibility index (Phi) is 2.74. The van der Waals surface area contributed by atoms with Crippen LogP contribution in [0.3, 0.4) is 0 Å². The second-order valence-electron chi connectivity index (χ2n) is 5.08. The molecule has 1 fully saturated rings. The van der Waals surface area contributed by atoms with Crippen LogP contribution in [0.25, 0.3) is 11.0 Å². The van der Waals surface area contributed by atoms with Gasteiger partial charge in [-0.1, -0.05) is 6.42 Å². The van der Waals surface area contributed by atoms with Crippen LogP contribution in [0.4, 0.5) is 0 Å². The van der Waals surface area contributed by atoms with E-state index in [1.165, 1.54) is 6.42 Å². The molecule has 2 unspecified atom stereocenters. The lowest BCUT2D eigenvalue weighted by Gasteiger charge is -2.14. The van der Waals surface area contributed by atoms with Crippen molar-refractivity contribution in [2.24, 2.45) is 12.8 Å². The smallest absolute Gasteiger partial charge is 0.121 e. The molecular weight excluding hydrogens is 226 g/mol. The fourth-order valence-electron chi connectivity index (χ4n) is 2.97. The first-order valence-corrected chi connectivity index (χ1v) is 6.46. The zero-order chi connectivity index (χ0) is 12.7. The third-order valence-electron chi connectivity index (χ3n) is 4.02. The Labute approximate surface area is 107 Å². The van der Waals surface area contributed by atoms with Gasteiger partial charge in [-0.15, -0.1) is 0 Å². The second-order valence-corrected chi connectivity index (χ2v) is 5.08. The van der Waals surface area contributed by atoms with Crippen LogP contribution in [0.5, 0.6) is 5.75 Å². The summed E-state index contributed by atoms with van der Waals surface area (Å²) >= 11 is 0. The molecule has 1 heterocycles. The molecule has 4 nitrogen and oxygen atoms in total. The number of nitrogens with two attached hydrogens (primary N) is 1. The van der Waals surface area contributed by atoms with E-state index in [4.69, 9.17) is 15.5 Å². The van der Waals surface area contributed by atoms with Gasteiger partial charge in [-0.3, -0.25) is 0 Å². The highest BCUT2D eigenvalue weighted by molar-refractivity contribution is 5.77. The molecule has 96 valence electrons. The largest absolute Gasteiger partial charge is 0.497 e. The number of hydrogen-bond acceptors (Lipinski definition) is 3. The monoisotopic (exact) mass is 245 g/mol. The number of fused-ring (bicyclic) bond motifs is 1. The first-order valence-electron chi connectivity index (χ1n) is 6.46. The first kappa shape index (κ1) is 11.5. The van der Waals surface area contributed by atoms with Crippen LogP contribution in [0, 0.1) is 0 Å². The maximum Gasteiger partial charge on any atom is 0.121 e. The van der Waals surface area contributed by atoms with E-state index in [9.17, 15) is 0 Å². The highest BCUT2D eigenvalue weighted by Gasteiger charge is 2.29. The highest BCUT2D eigenvalue weighted by Crippen LogP contribution is 2.34. The summed E-state index contributed by atoms with van der Waals surface area (Å²) in [6.45, 7) is 0. The topological polar surface area (TPSA) is 53.1 Å². The molecule has 4 heteroatoms. The van der Waals surface area contributed by atoms with Crippen LogP contribution < -0.4 is 10.5 Å². The van der Waals surface area contributed by atoms with Gasteiger partial charge >= 0.3 is 0 Å². The van der Waals surface area contributed by atoms with E-state index >= 15 is 0 Å². The number of benzene rings is 1. The average molecular weight is 245 g/mol. The number of nitrogens with zero attached hydrogens (tertiary/aromatic N) is 2. The van der Waals surface area contributed by atoms with Crippen molar-refractivity contribution in [3.05, 3.63) is 24.0 Å². The van der Waals surface area contributed by atoms with Gasteiger partial charge < -0.3 is 15.0 Å². The molecule has 1 aromatic heterocycles. The van der Waals surface area contributed by atoms with E-state index in [1.54, 1.807) is 7.11 Å². The molecule has 1 aliphatic carbocycles. The van der Waals surface area contributed by atoms with Crippen molar-refractivity contribution in [1.29, 1.82) is 0 Å². The average Bonchev–Trinajstić information content (AvgIpc) is 2.93. The second kappa shape index (κ2) is 4.28. The molecular formula is C14H19N3O. The minimum absolute atomic E-state index is 0.252. The van der Waals surface area contributed by atoms with Gasteiger partial charge in [0.2, 0.25) is 0 Å². The van der Waals surface area contributed by atoms with Crippen LogP contribution in [0.1, 0.15) is 31.0 Å². The lowest BCUT2D eigenvalue weighted by atomic mass is 10.0. The molecule has 2 aromatic rings. The molecule has 1 aliphatic rings. The van der Waals surface area contributed by atoms with E-state index in [0.717, 1.165) is 35.4 Å². The van der Waals surface area contributed by atoms with Gasteiger partial charge in [0, 0.05) is 25.1 Å². The lowest BCUT2D eigenvalue weighted by molar-refractivity contribution is 0.415. The number of aryl methyl sites for hydroxylation is 1. The Morgan fingerprint density at radius 2 is 2.22 bits per heavy atom. The van der Waals surface area contributed by atoms with Crippen molar-refractivity contribution < 1.29 is 4.74 Å². The Hall–Kier alpha value is -1.55. The molecule has 1 saturated carbocycles.